The van der Waals surface area contributed by atoms with Crippen LogP contribution >= 0.6 is 0 Å². The Morgan fingerprint density at radius 2 is 2.00 bits per heavy atom. The van der Waals surface area contributed by atoms with Crippen LogP contribution in [0.15, 0.2) is 12.1 Å². The third kappa shape index (κ3) is 1.76. The molecule has 2 aliphatic carbocycles. The van der Waals surface area contributed by atoms with Crippen LogP contribution in [0.2, 0.25) is 0 Å². The Labute approximate surface area is 115 Å². The highest BCUT2D eigenvalue weighted by atomic mass is 16.5. The zero-order valence-corrected chi connectivity index (χ0v) is 12.4. The first-order valence-corrected chi connectivity index (χ1v) is 7.36. The molecule has 0 aromatic heterocycles. The van der Waals surface area contributed by atoms with Gasteiger partial charge in [0.05, 0.1) is 7.11 Å². The molecule has 0 heterocycles. The van der Waals surface area contributed by atoms with Gasteiger partial charge in [0, 0.05) is 0 Å². The van der Waals surface area contributed by atoms with Crippen molar-refractivity contribution in [1.29, 1.82) is 0 Å². The third-order valence-corrected chi connectivity index (χ3v) is 5.48. The number of methoxy groups -OCH3 is 1. The Bertz CT molecular complexity index is 504. The molecule has 0 saturated heterocycles. The van der Waals surface area contributed by atoms with E-state index in [0.717, 1.165) is 5.92 Å². The van der Waals surface area contributed by atoms with Gasteiger partial charge in [-0.2, -0.15) is 0 Å². The largest absolute Gasteiger partial charge is 0.504 e. The number of ether oxygens (including phenoxy) is 1. The van der Waals surface area contributed by atoms with Crippen molar-refractivity contribution in [1.82, 2.24) is 0 Å². The molecule has 0 unspecified atom stereocenters. The van der Waals surface area contributed by atoms with E-state index in [2.05, 4.69) is 26.8 Å². The highest BCUT2D eigenvalue weighted by molar-refractivity contribution is 5.54. The Morgan fingerprint density at radius 1 is 1.26 bits per heavy atom. The van der Waals surface area contributed by atoms with Gasteiger partial charge in [-0.05, 0) is 59.3 Å². The molecule has 1 aromatic carbocycles. The zero-order valence-electron chi connectivity index (χ0n) is 12.4. The van der Waals surface area contributed by atoms with E-state index in [4.69, 9.17) is 4.74 Å². The van der Waals surface area contributed by atoms with Gasteiger partial charge < -0.3 is 9.84 Å². The monoisotopic (exact) mass is 260 g/mol. The number of fused-ring (bicyclic) bond motifs is 3. The first-order chi connectivity index (χ1) is 8.95. The molecule has 1 fully saturated rings. The van der Waals surface area contributed by atoms with Crippen LogP contribution in [0.25, 0.3) is 0 Å². The van der Waals surface area contributed by atoms with Gasteiger partial charge in [0.15, 0.2) is 11.5 Å². The summed E-state index contributed by atoms with van der Waals surface area (Å²) < 4.78 is 5.29. The minimum atomic E-state index is 0.171. The van der Waals surface area contributed by atoms with E-state index in [9.17, 15) is 5.11 Å². The average Bonchev–Trinajstić information content (AvgIpc) is 2.57. The van der Waals surface area contributed by atoms with Crippen molar-refractivity contribution in [2.24, 2.45) is 11.8 Å². The van der Waals surface area contributed by atoms with E-state index in [0.29, 0.717) is 17.6 Å². The molecule has 0 amide bonds. The van der Waals surface area contributed by atoms with Crippen LogP contribution < -0.4 is 4.74 Å². The fourth-order valence-electron chi connectivity index (χ4n) is 4.40. The lowest BCUT2D eigenvalue weighted by Crippen LogP contribution is -2.30. The summed E-state index contributed by atoms with van der Waals surface area (Å²) in [6, 6.07) is 4.02. The van der Waals surface area contributed by atoms with Crippen LogP contribution in [0, 0.1) is 11.8 Å². The average molecular weight is 260 g/mol. The third-order valence-electron chi connectivity index (χ3n) is 5.48. The summed E-state index contributed by atoms with van der Waals surface area (Å²) in [4.78, 5) is 0. The summed E-state index contributed by atoms with van der Waals surface area (Å²) in [5, 5.41) is 10.1. The van der Waals surface area contributed by atoms with Crippen LogP contribution in [-0.4, -0.2) is 12.2 Å². The minimum absolute atomic E-state index is 0.171. The minimum Gasteiger partial charge on any atom is -0.504 e. The normalized spacial score (nSPS) is 31.7. The summed E-state index contributed by atoms with van der Waals surface area (Å²) in [6.07, 6.45) is 3.91. The maximum atomic E-state index is 10.1. The first kappa shape index (κ1) is 12.8. The van der Waals surface area contributed by atoms with Crippen LogP contribution in [0.1, 0.15) is 57.1 Å². The van der Waals surface area contributed by atoms with Gasteiger partial charge in [-0.3, -0.25) is 0 Å². The fourth-order valence-corrected chi connectivity index (χ4v) is 4.40. The second kappa shape index (κ2) is 4.16. The molecule has 104 valence electrons. The molecule has 1 N–H and O–H groups in total. The van der Waals surface area contributed by atoms with E-state index in [1.807, 2.05) is 6.07 Å². The molecule has 1 aromatic rings. The number of hydrogen-bond donors (Lipinski definition) is 1. The number of benzene rings is 1. The Hall–Kier alpha value is -1.18. The Balaban J connectivity index is 2.13. The molecule has 0 bridgehead atoms. The molecule has 2 nitrogen and oxygen atoms in total. The topological polar surface area (TPSA) is 29.5 Å². The van der Waals surface area contributed by atoms with Crippen molar-refractivity contribution >= 4 is 0 Å². The highest BCUT2D eigenvalue weighted by Crippen LogP contribution is 2.58. The number of aromatic hydroxyl groups is 1. The van der Waals surface area contributed by atoms with Crippen molar-refractivity contribution in [3.63, 3.8) is 0 Å². The lowest BCUT2D eigenvalue weighted by molar-refractivity contribution is 0.195. The second-order valence-electron chi connectivity index (χ2n) is 6.96. The van der Waals surface area contributed by atoms with Gasteiger partial charge >= 0.3 is 0 Å². The maximum absolute atomic E-state index is 10.1. The highest BCUT2D eigenvalue weighted by Gasteiger charge is 2.48. The lowest BCUT2D eigenvalue weighted by Gasteiger charge is -2.37. The zero-order chi connectivity index (χ0) is 13.8. The van der Waals surface area contributed by atoms with Crippen molar-refractivity contribution in [2.75, 3.05) is 7.11 Å². The summed E-state index contributed by atoms with van der Waals surface area (Å²) >= 11 is 0. The quantitative estimate of drug-likeness (QED) is 0.819. The molecule has 0 spiro atoms. The molecule has 0 aliphatic heterocycles. The summed E-state index contributed by atoms with van der Waals surface area (Å²) in [7, 11) is 1.63. The number of phenolic OH excluding ortho intramolecular Hbond substituents is 1. The fraction of sp³-hybridized carbons (Fsp3) is 0.647. The smallest absolute Gasteiger partial charge is 0.160 e. The second-order valence-corrected chi connectivity index (χ2v) is 6.96. The molecule has 2 aliphatic rings. The first-order valence-electron chi connectivity index (χ1n) is 7.36. The maximum Gasteiger partial charge on any atom is 0.160 e. The molecule has 19 heavy (non-hydrogen) atoms. The van der Waals surface area contributed by atoms with Gasteiger partial charge in [-0.25, -0.2) is 0 Å². The Kier molecular flexibility index (Phi) is 2.81. The van der Waals surface area contributed by atoms with Crippen molar-refractivity contribution < 1.29 is 9.84 Å². The molecular formula is C17H24O2. The molecule has 2 heteroatoms. The molecule has 0 radical (unpaired) electrons. The molecule has 3 atom stereocenters. The van der Waals surface area contributed by atoms with Gasteiger partial charge in [-0.15, -0.1) is 0 Å². The number of hydrogen-bond acceptors (Lipinski definition) is 2. The van der Waals surface area contributed by atoms with Gasteiger partial charge in [0.1, 0.15) is 0 Å². The lowest BCUT2D eigenvalue weighted by atomic mass is 9.67. The van der Waals surface area contributed by atoms with Gasteiger partial charge in [0.2, 0.25) is 0 Å². The van der Waals surface area contributed by atoms with Crippen LogP contribution in [0.3, 0.4) is 0 Å². The van der Waals surface area contributed by atoms with E-state index in [1.165, 1.54) is 30.4 Å². The molecule has 3 rings (SSSR count). The van der Waals surface area contributed by atoms with Crippen LogP contribution in [0.5, 0.6) is 11.5 Å². The van der Waals surface area contributed by atoms with Crippen molar-refractivity contribution in [3.05, 3.63) is 23.3 Å². The number of phenols is 1. The summed E-state index contributed by atoms with van der Waals surface area (Å²) in [5.41, 5.74) is 2.91. The predicted molar refractivity (Wildman–Crippen MR) is 76.9 cm³/mol. The molecule has 1 saturated carbocycles. The van der Waals surface area contributed by atoms with E-state index in [1.54, 1.807) is 7.11 Å². The number of rotatable bonds is 1. The molecular weight excluding hydrogens is 236 g/mol. The van der Waals surface area contributed by atoms with Gasteiger partial charge in [-0.1, -0.05) is 27.2 Å². The van der Waals surface area contributed by atoms with Gasteiger partial charge in [0.25, 0.3) is 0 Å². The predicted octanol–water partition coefficient (Wildman–Crippen LogP) is 4.21. The van der Waals surface area contributed by atoms with Crippen LogP contribution in [-0.2, 0) is 5.41 Å². The SMILES string of the molecule is COc1cc2c(cc1O)C(C)(C)[C@@H]1CC[C@@H](C)C[C@@H]21. The van der Waals surface area contributed by atoms with E-state index < -0.39 is 0 Å². The van der Waals surface area contributed by atoms with Crippen molar-refractivity contribution in [3.8, 4) is 11.5 Å². The Morgan fingerprint density at radius 3 is 2.68 bits per heavy atom. The van der Waals surface area contributed by atoms with Crippen LogP contribution in [0.4, 0.5) is 0 Å². The standard InChI is InChI=1S/C17H24O2/c1-10-5-6-13-11(7-10)12-8-16(19-4)15(18)9-14(12)17(13,2)3/h8-11,13,18H,5-7H2,1-4H3/t10-,11+,13-/m1/s1. The van der Waals surface area contributed by atoms with E-state index >= 15 is 0 Å². The van der Waals surface area contributed by atoms with E-state index in [-0.39, 0.29) is 11.2 Å². The summed E-state index contributed by atoms with van der Waals surface area (Å²) in [5.74, 6) is 3.06. The van der Waals surface area contributed by atoms with Crippen molar-refractivity contribution in [2.45, 2.75) is 51.4 Å². The summed E-state index contributed by atoms with van der Waals surface area (Å²) in [6.45, 7) is 7.02.